The Hall–Kier alpha value is -1.06. The summed E-state index contributed by atoms with van der Waals surface area (Å²) in [6.07, 6.45) is 0. The summed E-state index contributed by atoms with van der Waals surface area (Å²) in [4.78, 5) is 0. The van der Waals surface area contributed by atoms with Crippen LogP contribution in [0.5, 0.6) is 5.75 Å². The number of ether oxygens (including phenoxy) is 1. The lowest BCUT2D eigenvalue weighted by atomic mass is 10.1. The molecule has 0 amide bonds. The molecule has 0 saturated carbocycles. The van der Waals surface area contributed by atoms with Gasteiger partial charge in [0.1, 0.15) is 5.75 Å². The lowest BCUT2D eigenvalue weighted by Crippen LogP contribution is -1.96. The van der Waals surface area contributed by atoms with Crippen molar-refractivity contribution >= 4 is 21.4 Å². The van der Waals surface area contributed by atoms with Crippen LogP contribution >= 0.6 is 11.3 Å². The third-order valence-corrected chi connectivity index (χ3v) is 2.91. The first-order chi connectivity index (χ1) is 6.35. The number of fused-ring (bicyclic) bond motifs is 1. The number of nitrogens with two attached hydrogens (primary N) is 1. The minimum Gasteiger partial charge on any atom is -0.496 e. The lowest BCUT2D eigenvalue weighted by Gasteiger charge is -2.04. The summed E-state index contributed by atoms with van der Waals surface area (Å²) in [5.74, 6) is 0.916. The Morgan fingerprint density at radius 1 is 1.46 bits per heavy atom. The van der Waals surface area contributed by atoms with Gasteiger partial charge in [-0.05, 0) is 29.1 Å². The van der Waals surface area contributed by atoms with Gasteiger partial charge in [-0.15, -0.1) is 11.3 Å². The molecule has 0 fully saturated rings. The van der Waals surface area contributed by atoms with Crippen LogP contribution in [0.4, 0.5) is 0 Å². The summed E-state index contributed by atoms with van der Waals surface area (Å²) in [6, 6.07) is 6.18. The molecule has 0 radical (unpaired) electrons. The Kier molecular flexibility index (Phi) is 2.20. The highest BCUT2D eigenvalue weighted by atomic mass is 32.1. The van der Waals surface area contributed by atoms with Gasteiger partial charge < -0.3 is 10.5 Å². The average Bonchev–Trinajstić information content (AvgIpc) is 2.63. The molecule has 68 valence electrons. The van der Waals surface area contributed by atoms with Crippen molar-refractivity contribution in [1.82, 2.24) is 0 Å². The molecule has 1 aromatic carbocycles. The van der Waals surface area contributed by atoms with Gasteiger partial charge in [0.15, 0.2) is 0 Å². The molecule has 3 heteroatoms. The summed E-state index contributed by atoms with van der Waals surface area (Å²) >= 11 is 1.71. The zero-order valence-electron chi connectivity index (χ0n) is 7.41. The molecule has 0 unspecified atom stereocenters. The molecule has 2 aromatic rings. The second-order valence-electron chi connectivity index (χ2n) is 2.83. The van der Waals surface area contributed by atoms with E-state index in [0.717, 1.165) is 11.3 Å². The minimum atomic E-state index is 0.560. The molecule has 1 aromatic heterocycles. The van der Waals surface area contributed by atoms with E-state index in [-0.39, 0.29) is 0 Å². The summed E-state index contributed by atoms with van der Waals surface area (Å²) in [5, 5.41) is 3.23. The molecule has 0 saturated heterocycles. The van der Waals surface area contributed by atoms with Crippen LogP contribution in [0, 0.1) is 0 Å². The van der Waals surface area contributed by atoms with Gasteiger partial charge in [0.2, 0.25) is 0 Å². The zero-order chi connectivity index (χ0) is 9.26. The first-order valence-corrected chi connectivity index (χ1v) is 4.97. The first-order valence-electron chi connectivity index (χ1n) is 4.09. The van der Waals surface area contributed by atoms with E-state index in [1.165, 1.54) is 10.1 Å². The molecule has 2 N–H and O–H groups in total. The zero-order valence-corrected chi connectivity index (χ0v) is 8.23. The van der Waals surface area contributed by atoms with Crippen LogP contribution in [-0.4, -0.2) is 7.11 Å². The van der Waals surface area contributed by atoms with Crippen molar-refractivity contribution in [2.45, 2.75) is 6.54 Å². The van der Waals surface area contributed by atoms with Crippen LogP contribution in [-0.2, 0) is 6.54 Å². The maximum atomic E-state index is 5.58. The highest BCUT2D eigenvalue weighted by Gasteiger charge is 2.04. The molecular weight excluding hydrogens is 182 g/mol. The molecular formula is C10H11NOS. The SMILES string of the molecule is COc1cc(CN)cc2sccc12. The molecule has 0 atom stereocenters. The number of rotatable bonds is 2. The number of methoxy groups -OCH3 is 1. The van der Waals surface area contributed by atoms with Gasteiger partial charge in [-0.3, -0.25) is 0 Å². The van der Waals surface area contributed by atoms with Crippen LogP contribution < -0.4 is 10.5 Å². The third-order valence-electron chi connectivity index (χ3n) is 2.05. The second-order valence-corrected chi connectivity index (χ2v) is 3.78. The number of benzene rings is 1. The summed E-state index contributed by atoms with van der Waals surface area (Å²) in [7, 11) is 1.69. The lowest BCUT2D eigenvalue weighted by molar-refractivity contribution is 0.419. The van der Waals surface area contributed by atoms with Crippen LogP contribution in [0.1, 0.15) is 5.56 Å². The number of hydrogen-bond acceptors (Lipinski definition) is 3. The van der Waals surface area contributed by atoms with E-state index in [9.17, 15) is 0 Å². The third kappa shape index (κ3) is 1.41. The highest BCUT2D eigenvalue weighted by Crippen LogP contribution is 2.31. The molecule has 0 aliphatic carbocycles. The van der Waals surface area contributed by atoms with E-state index in [0.29, 0.717) is 6.54 Å². The van der Waals surface area contributed by atoms with Crippen molar-refractivity contribution in [3.05, 3.63) is 29.1 Å². The maximum Gasteiger partial charge on any atom is 0.127 e. The molecule has 0 spiro atoms. The molecule has 2 nitrogen and oxygen atoms in total. The molecule has 0 aliphatic rings. The van der Waals surface area contributed by atoms with E-state index in [1.807, 2.05) is 6.07 Å². The Labute approximate surface area is 80.9 Å². The standard InChI is InChI=1S/C10H11NOS/c1-12-9-4-7(6-11)5-10-8(9)2-3-13-10/h2-5H,6,11H2,1H3. The Morgan fingerprint density at radius 2 is 2.31 bits per heavy atom. The molecule has 1 heterocycles. The van der Waals surface area contributed by atoms with Crippen LogP contribution in [0.2, 0.25) is 0 Å². The van der Waals surface area contributed by atoms with Crippen LogP contribution in [0.3, 0.4) is 0 Å². The topological polar surface area (TPSA) is 35.2 Å². The van der Waals surface area contributed by atoms with Gasteiger partial charge in [0.05, 0.1) is 7.11 Å². The van der Waals surface area contributed by atoms with Crippen molar-refractivity contribution in [2.75, 3.05) is 7.11 Å². The Morgan fingerprint density at radius 3 is 3.00 bits per heavy atom. The molecule has 2 rings (SSSR count). The smallest absolute Gasteiger partial charge is 0.127 e. The summed E-state index contributed by atoms with van der Waals surface area (Å²) in [5.41, 5.74) is 6.70. The molecule has 0 aliphatic heterocycles. The summed E-state index contributed by atoms with van der Waals surface area (Å²) < 4.78 is 6.52. The van der Waals surface area contributed by atoms with E-state index >= 15 is 0 Å². The first kappa shape index (κ1) is 8.53. The van der Waals surface area contributed by atoms with E-state index < -0.39 is 0 Å². The fraction of sp³-hybridized carbons (Fsp3) is 0.200. The Bertz CT molecular complexity index is 422. The minimum absolute atomic E-state index is 0.560. The van der Waals surface area contributed by atoms with Crippen molar-refractivity contribution < 1.29 is 4.74 Å². The van der Waals surface area contributed by atoms with E-state index in [2.05, 4.69) is 17.5 Å². The number of hydrogen-bond donors (Lipinski definition) is 1. The predicted molar refractivity (Wildman–Crippen MR) is 56.3 cm³/mol. The second kappa shape index (κ2) is 3.36. The predicted octanol–water partition coefficient (Wildman–Crippen LogP) is 2.37. The summed E-state index contributed by atoms with van der Waals surface area (Å²) in [6.45, 7) is 0.560. The van der Waals surface area contributed by atoms with Gasteiger partial charge in [0, 0.05) is 16.6 Å². The van der Waals surface area contributed by atoms with E-state index in [4.69, 9.17) is 10.5 Å². The number of thiophene rings is 1. The van der Waals surface area contributed by atoms with Gasteiger partial charge in [-0.25, -0.2) is 0 Å². The maximum absolute atomic E-state index is 5.58. The highest BCUT2D eigenvalue weighted by molar-refractivity contribution is 7.17. The van der Waals surface area contributed by atoms with Crippen molar-refractivity contribution in [2.24, 2.45) is 5.73 Å². The van der Waals surface area contributed by atoms with Crippen molar-refractivity contribution in [3.63, 3.8) is 0 Å². The fourth-order valence-corrected chi connectivity index (χ4v) is 2.24. The monoisotopic (exact) mass is 193 g/mol. The van der Waals surface area contributed by atoms with Gasteiger partial charge >= 0.3 is 0 Å². The fourth-order valence-electron chi connectivity index (χ4n) is 1.38. The van der Waals surface area contributed by atoms with Gasteiger partial charge in [-0.1, -0.05) is 0 Å². The quantitative estimate of drug-likeness (QED) is 0.794. The normalized spacial score (nSPS) is 10.6. The molecule has 0 bridgehead atoms. The van der Waals surface area contributed by atoms with Gasteiger partial charge in [0.25, 0.3) is 0 Å². The largest absolute Gasteiger partial charge is 0.496 e. The van der Waals surface area contributed by atoms with Crippen molar-refractivity contribution in [3.8, 4) is 5.75 Å². The van der Waals surface area contributed by atoms with Gasteiger partial charge in [-0.2, -0.15) is 0 Å². The molecule has 13 heavy (non-hydrogen) atoms. The van der Waals surface area contributed by atoms with E-state index in [1.54, 1.807) is 18.4 Å². The Balaban J connectivity index is 2.70. The van der Waals surface area contributed by atoms with Crippen LogP contribution in [0.15, 0.2) is 23.6 Å². The van der Waals surface area contributed by atoms with Crippen molar-refractivity contribution in [1.29, 1.82) is 0 Å². The average molecular weight is 193 g/mol. The van der Waals surface area contributed by atoms with Crippen LogP contribution in [0.25, 0.3) is 10.1 Å².